The number of hydrogen-bond acceptors (Lipinski definition) is 3. The highest BCUT2D eigenvalue weighted by Crippen LogP contribution is 2.28. The van der Waals surface area contributed by atoms with Crippen LogP contribution >= 0.6 is 0 Å². The zero-order valence-corrected chi connectivity index (χ0v) is 12.0. The van der Waals surface area contributed by atoms with E-state index in [4.69, 9.17) is 4.74 Å². The van der Waals surface area contributed by atoms with Crippen molar-refractivity contribution in [3.05, 3.63) is 30.3 Å². The summed E-state index contributed by atoms with van der Waals surface area (Å²) in [5, 5.41) is 2.79. The van der Waals surface area contributed by atoms with Crippen molar-refractivity contribution in [3.8, 4) is 0 Å². The molecular weight excluding hydrogens is 270 g/mol. The van der Waals surface area contributed by atoms with E-state index in [-0.39, 0.29) is 30.7 Å². The molecule has 0 bridgehead atoms. The molecule has 21 heavy (non-hydrogen) atoms. The van der Waals surface area contributed by atoms with Crippen LogP contribution in [0.5, 0.6) is 0 Å². The molecule has 3 rings (SSSR count). The number of carbonyl (C=O) groups excluding carboxylic acids is 2. The first-order valence-electron chi connectivity index (χ1n) is 7.22. The monoisotopic (exact) mass is 289 g/mol. The summed E-state index contributed by atoms with van der Waals surface area (Å²) >= 11 is 0. The Balaban J connectivity index is 1.81. The van der Waals surface area contributed by atoms with Gasteiger partial charge in [0.15, 0.2) is 0 Å². The number of amides is 3. The maximum atomic E-state index is 12.2. The molecule has 2 heterocycles. The second-order valence-electron chi connectivity index (χ2n) is 5.26. The topological polar surface area (TPSA) is 61.9 Å². The van der Waals surface area contributed by atoms with E-state index in [2.05, 4.69) is 5.32 Å². The number of carbonyl (C=O) groups is 2. The molecule has 0 unspecified atom stereocenters. The fourth-order valence-corrected chi connectivity index (χ4v) is 2.95. The van der Waals surface area contributed by atoms with Crippen LogP contribution in [0.25, 0.3) is 0 Å². The van der Waals surface area contributed by atoms with Gasteiger partial charge in [0.1, 0.15) is 6.61 Å². The van der Waals surface area contributed by atoms with Crippen molar-refractivity contribution in [1.29, 1.82) is 0 Å². The molecule has 2 aliphatic heterocycles. The molecule has 0 aliphatic carbocycles. The number of nitrogens with zero attached hydrogens (tertiary/aromatic N) is 2. The van der Waals surface area contributed by atoms with Crippen LogP contribution in [0, 0.1) is 0 Å². The average Bonchev–Trinajstić information content (AvgIpc) is 2.92. The summed E-state index contributed by atoms with van der Waals surface area (Å²) < 4.78 is 5.61. The summed E-state index contributed by atoms with van der Waals surface area (Å²) in [7, 11) is 0. The predicted octanol–water partition coefficient (Wildman–Crippen LogP) is 0.832. The number of likely N-dealkylation sites (tertiary alicyclic amines) is 1. The first kappa shape index (κ1) is 13.9. The summed E-state index contributed by atoms with van der Waals surface area (Å²) in [5.74, 6) is -0.0554. The summed E-state index contributed by atoms with van der Waals surface area (Å²) in [6.45, 7) is 3.56. The molecule has 3 amide bonds. The highest BCUT2D eigenvalue weighted by molar-refractivity contribution is 5.96. The van der Waals surface area contributed by atoms with Crippen molar-refractivity contribution in [2.75, 3.05) is 31.1 Å². The van der Waals surface area contributed by atoms with Gasteiger partial charge >= 0.3 is 6.03 Å². The summed E-state index contributed by atoms with van der Waals surface area (Å²) in [5.41, 5.74) is 0.860. The maximum Gasteiger partial charge on any atom is 0.317 e. The van der Waals surface area contributed by atoms with Gasteiger partial charge in [0, 0.05) is 18.8 Å². The molecule has 2 atom stereocenters. The van der Waals surface area contributed by atoms with Crippen LogP contribution in [0.4, 0.5) is 10.5 Å². The molecule has 1 N–H and O–H groups in total. The number of ether oxygens (including phenoxy) is 1. The molecule has 0 saturated carbocycles. The van der Waals surface area contributed by atoms with Crippen LogP contribution in [0.2, 0.25) is 0 Å². The largest absolute Gasteiger partial charge is 0.364 e. The van der Waals surface area contributed by atoms with E-state index in [0.717, 1.165) is 5.69 Å². The molecule has 2 aliphatic rings. The zero-order valence-electron chi connectivity index (χ0n) is 12.0. The SMILES string of the molecule is CCNC(=O)N1C[C@@H]2OCC(=O)N(c3ccccc3)[C@@H]2C1. The molecule has 0 spiro atoms. The Morgan fingerprint density at radius 2 is 2.10 bits per heavy atom. The first-order valence-corrected chi connectivity index (χ1v) is 7.22. The second kappa shape index (κ2) is 5.73. The van der Waals surface area contributed by atoms with Gasteiger partial charge in [-0.2, -0.15) is 0 Å². The maximum absolute atomic E-state index is 12.2. The number of rotatable bonds is 2. The van der Waals surface area contributed by atoms with Gasteiger partial charge in [-0.15, -0.1) is 0 Å². The van der Waals surface area contributed by atoms with Crippen LogP contribution in [0.3, 0.4) is 0 Å². The van der Waals surface area contributed by atoms with E-state index in [9.17, 15) is 9.59 Å². The lowest BCUT2D eigenvalue weighted by Gasteiger charge is -2.36. The number of fused-ring (bicyclic) bond motifs is 1. The molecule has 2 saturated heterocycles. The van der Waals surface area contributed by atoms with Crippen molar-refractivity contribution in [1.82, 2.24) is 10.2 Å². The molecule has 1 aromatic carbocycles. The van der Waals surface area contributed by atoms with E-state index < -0.39 is 0 Å². The number of anilines is 1. The lowest BCUT2D eigenvalue weighted by Crippen LogP contribution is -2.54. The highest BCUT2D eigenvalue weighted by atomic mass is 16.5. The molecule has 6 nitrogen and oxygen atoms in total. The Hall–Kier alpha value is -2.08. The number of nitrogens with one attached hydrogen (secondary N) is 1. The molecule has 0 aromatic heterocycles. The van der Waals surface area contributed by atoms with Gasteiger partial charge in [-0.1, -0.05) is 18.2 Å². The third-order valence-electron chi connectivity index (χ3n) is 3.91. The number of urea groups is 1. The standard InChI is InChI=1S/C15H19N3O3/c1-2-16-15(20)17-8-12-13(9-17)21-10-14(19)18(12)11-6-4-3-5-7-11/h3-7,12-13H,2,8-10H2,1H3,(H,16,20)/t12-,13+/m1/s1. The van der Waals surface area contributed by atoms with Crippen molar-refractivity contribution in [3.63, 3.8) is 0 Å². The second-order valence-corrected chi connectivity index (χ2v) is 5.26. The van der Waals surface area contributed by atoms with E-state index in [0.29, 0.717) is 19.6 Å². The normalized spacial score (nSPS) is 24.9. The molecule has 2 fully saturated rings. The van der Waals surface area contributed by atoms with Crippen LogP contribution < -0.4 is 10.2 Å². The summed E-state index contributed by atoms with van der Waals surface area (Å²) in [6.07, 6.45) is -0.120. The van der Waals surface area contributed by atoms with E-state index in [1.165, 1.54) is 0 Å². The Morgan fingerprint density at radius 3 is 2.81 bits per heavy atom. The third-order valence-corrected chi connectivity index (χ3v) is 3.91. The number of para-hydroxylation sites is 1. The minimum absolute atomic E-state index is 0.0554. The van der Waals surface area contributed by atoms with E-state index in [1.807, 2.05) is 37.3 Å². The minimum atomic E-state index is -0.120. The number of morpholine rings is 1. The Labute approximate surface area is 123 Å². The van der Waals surface area contributed by atoms with Gasteiger partial charge < -0.3 is 19.9 Å². The fraction of sp³-hybridized carbons (Fsp3) is 0.467. The van der Waals surface area contributed by atoms with Gasteiger partial charge in [-0.3, -0.25) is 4.79 Å². The number of benzene rings is 1. The van der Waals surface area contributed by atoms with Gasteiger partial charge in [0.2, 0.25) is 0 Å². The van der Waals surface area contributed by atoms with Crippen molar-refractivity contribution >= 4 is 17.6 Å². The van der Waals surface area contributed by atoms with E-state index >= 15 is 0 Å². The van der Waals surface area contributed by atoms with Crippen LogP contribution in [0.1, 0.15) is 6.92 Å². The smallest absolute Gasteiger partial charge is 0.317 e. The quantitative estimate of drug-likeness (QED) is 0.877. The van der Waals surface area contributed by atoms with Crippen molar-refractivity contribution in [2.45, 2.75) is 19.1 Å². The molecule has 1 aromatic rings. The lowest BCUT2D eigenvalue weighted by atomic mass is 10.1. The van der Waals surface area contributed by atoms with Gasteiger partial charge in [0.25, 0.3) is 5.91 Å². The molecular formula is C15H19N3O3. The Kier molecular flexibility index (Phi) is 3.79. The van der Waals surface area contributed by atoms with Gasteiger partial charge in [-0.25, -0.2) is 4.79 Å². The predicted molar refractivity (Wildman–Crippen MR) is 78.1 cm³/mol. The Bertz CT molecular complexity index is 534. The molecule has 6 heteroatoms. The zero-order chi connectivity index (χ0) is 14.8. The molecule has 0 radical (unpaired) electrons. The summed E-state index contributed by atoms with van der Waals surface area (Å²) in [4.78, 5) is 27.7. The highest BCUT2D eigenvalue weighted by Gasteiger charge is 2.45. The third kappa shape index (κ3) is 2.58. The fourth-order valence-electron chi connectivity index (χ4n) is 2.95. The molecule has 112 valence electrons. The van der Waals surface area contributed by atoms with Gasteiger partial charge in [0.05, 0.1) is 18.7 Å². The van der Waals surface area contributed by atoms with Gasteiger partial charge in [-0.05, 0) is 19.1 Å². The number of hydrogen-bond donors (Lipinski definition) is 1. The summed E-state index contributed by atoms with van der Waals surface area (Å²) in [6, 6.07) is 9.34. The van der Waals surface area contributed by atoms with E-state index in [1.54, 1.807) is 9.80 Å². The first-order chi connectivity index (χ1) is 10.2. The van der Waals surface area contributed by atoms with Crippen LogP contribution in [-0.4, -0.2) is 55.2 Å². The lowest BCUT2D eigenvalue weighted by molar-refractivity contribution is -0.130. The Morgan fingerprint density at radius 1 is 1.33 bits per heavy atom. The van der Waals surface area contributed by atoms with Crippen molar-refractivity contribution < 1.29 is 14.3 Å². The minimum Gasteiger partial charge on any atom is -0.364 e. The van der Waals surface area contributed by atoms with Crippen LogP contribution in [-0.2, 0) is 9.53 Å². The van der Waals surface area contributed by atoms with Crippen molar-refractivity contribution in [2.24, 2.45) is 0 Å². The average molecular weight is 289 g/mol. The van der Waals surface area contributed by atoms with Crippen LogP contribution in [0.15, 0.2) is 30.3 Å².